The Bertz CT molecular complexity index is 551. The fraction of sp³-hybridized carbons (Fsp3) is 0.818. The van der Waals surface area contributed by atoms with Crippen molar-refractivity contribution in [3.8, 4) is 0 Å². The van der Waals surface area contributed by atoms with Crippen LogP contribution >= 0.6 is 0 Å². The highest BCUT2D eigenvalue weighted by atomic mass is 32.2. The third kappa shape index (κ3) is 2.29. The van der Waals surface area contributed by atoms with Crippen molar-refractivity contribution in [3.63, 3.8) is 0 Å². The van der Waals surface area contributed by atoms with Crippen molar-refractivity contribution in [2.24, 2.45) is 11.7 Å². The van der Waals surface area contributed by atoms with Crippen LogP contribution in [0.1, 0.15) is 24.5 Å². The smallest absolute Gasteiger partial charge is 0.150 e. The number of hydrogen-bond donors (Lipinski definition) is 1. The first kappa shape index (κ1) is 12.1. The van der Waals surface area contributed by atoms with Gasteiger partial charge in [0.15, 0.2) is 9.84 Å². The maximum Gasteiger partial charge on any atom is 0.150 e. The Morgan fingerprint density at radius 2 is 2.17 bits per heavy atom. The van der Waals surface area contributed by atoms with E-state index < -0.39 is 9.84 Å². The molecule has 2 atom stereocenters. The van der Waals surface area contributed by atoms with Crippen molar-refractivity contribution in [1.29, 1.82) is 0 Å². The van der Waals surface area contributed by atoms with Gasteiger partial charge in [0.25, 0.3) is 0 Å². The second-order valence-electron chi connectivity index (χ2n) is 5.41. The molecule has 0 aliphatic carbocycles. The van der Waals surface area contributed by atoms with Crippen LogP contribution in [0.4, 0.5) is 0 Å². The number of nitrogens with two attached hydrogens (primary N) is 1. The summed E-state index contributed by atoms with van der Waals surface area (Å²) < 4.78 is 25.0. The summed E-state index contributed by atoms with van der Waals surface area (Å²) in [5.74, 6) is 2.71. The highest BCUT2D eigenvalue weighted by Gasteiger charge is 2.30. The van der Waals surface area contributed by atoms with Crippen molar-refractivity contribution < 1.29 is 8.42 Å². The van der Waals surface area contributed by atoms with E-state index in [4.69, 9.17) is 5.73 Å². The van der Waals surface area contributed by atoms with Crippen LogP contribution in [0.5, 0.6) is 0 Å². The Morgan fingerprint density at radius 3 is 2.89 bits per heavy atom. The molecule has 18 heavy (non-hydrogen) atoms. The van der Waals surface area contributed by atoms with Gasteiger partial charge >= 0.3 is 0 Å². The lowest BCUT2D eigenvalue weighted by Crippen LogP contribution is -2.31. The van der Waals surface area contributed by atoms with E-state index in [9.17, 15) is 8.42 Å². The fourth-order valence-corrected chi connectivity index (χ4v) is 4.72. The minimum absolute atomic E-state index is 0.182. The Balaban J connectivity index is 1.75. The molecule has 7 heteroatoms. The summed E-state index contributed by atoms with van der Waals surface area (Å²) in [6, 6.07) is 0.182. The molecule has 0 amide bonds. The van der Waals surface area contributed by atoms with Crippen molar-refractivity contribution >= 4 is 9.84 Å². The molecule has 0 bridgehead atoms. The number of fused-ring (bicyclic) bond motifs is 1. The minimum Gasteiger partial charge on any atom is -0.327 e. The van der Waals surface area contributed by atoms with E-state index in [-0.39, 0.29) is 12.0 Å². The molecule has 1 aromatic heterocycles. The van der Waals surface area contributed by atoms with Crippen molar-refractivity contribution in [2.75, 3.05) is 11.5 Å². The molecular weight excluding hydrogens is 252 g/mol. The largest absolute Gasteiger partial charge is 0.327 e. The minimum atomic E-state index is -2.81. The summed E-state index contributed by atoms with van der Waals surface area (Å²) >= 11 is 0. The second-order valence-corrected chi connectivity index (χ2v) is 7.64. The lowest BCUT2D eigenvalue weighted by molar-refractivity contribution is 0.443. The van der Waals surface area contributed by atoms with E-state index in [0.29, 0.717) is 11.5 Å². The van der Waals surface area contributed by atoms with Crippen LogP contribution in [0.2, 0.25) is 0 Å². The normalized spacial score (nSPS) is 30.3. The molecule has 1 saturated heterocycles. The fourth-order valence-electron chi connectivity index (χ4n) is 2.86. The Hall–Kier alpha value is -0.950. The van der Waals surface area contributed by atoms with Crippen LogP contribution in [0.15, 0.2) is 0 Å². The summed E-state index contributed by atoms with van der Waals surface area (Å²) in [7, 11) is -2.81. The standard InChI is InChI=1S/C11H18N4O2S/c12-9-1-3-15-10(13-14-11(15)6-9)5-8-2-4-18(16,17)7-8/h8-9H,1-7,12H2. The highest BCUT2D eigenvalue weighted by Crippen LogP contribution is 2.23. The summed E-state index contributed by atoms with van der Waals surface area (Å²) in [6.45, 7) is 0.859. The molecule has 0 saturated carbocycles. The van der Waals surface area contributed by atoms with E-state index in [0.717, 1.165) is 43.9 Å². The summed E-state index contributed by atoms with van der Waals surface area (Å²) in [5, 5.41) is 8.38. The molecule has 3 rings (SSSR count). The molecule has 0 aromatic carbocycles. The van der Waals surface area contributed by atoms with Gasteiger partial charge in [0, 0.05) is 25.4 Å². The molecule has 0 spiro atoms. The number of rotatable bonds is 2. The maximum absolute atomic E-state index is 11.4. The molecule has 0 radical (unpaired) electrons. The number of sulfone groups is 1. The predicted octanol–water partition coefficient (Wildman–Crippen LogP) is -0.471. The van der Waals surface area contributed by atoms with E-state index in [1.165, 1.54) is 0 Å². The Morgan fingerprint density at radius 1 is 1.33 bits per heavy atom. The lowest BCUT2D eigenvalue weighted by Gasteiger charge is -2.20. The van der Waals surface area contributed by atoms with Crippen LogP contribution < -0.4 is 5.73 Å². The average molecular weight is 270 g/mol. The van der Waals surface area contributed by atoms with Gasteiger partial charge in [0.05, 0.1) is 11.5 Å². The van der Waals surface area contributed by atoms with Gasteiger partial charge in [-0.05, 0) is 18.8 Å². The zero-order valence-electron chi connectivity index (χ0n) is 10.2. The first-order chi connectivity index (χ1) is 8.53. The van der Waals surface area contributed by atoms with Gasteiger partial charge in [-0.15, -0.1) is 10.2 Å². The quantitative estimate of drug-likeness (QED) is 0.784. The molecule has 100 valence electrons. The molecule has 2 unspecified atom stereocenters. The molecule has 2 N–H and O–H groups in total. The van der Waals surface area contributed by atoms with E-state index in [2.05, 4.69) is 14.8 Å². The molecule has 2 aliphatic heterocycles. The molecule has 1 aromatic rings. The lowest BCUT2D eigenvalue weighted by atomic mass is 10.0. The molecule has 3 heterocycles. The van der Waals surface area contributed by atoms with Gasteiger partial charge in [0.2, 0.25) is 0 Å². The van der Waals surface area contributed by atoms with Gasteiger partial charge in [-0.2, -0.15) is 0 Å². The third-order valence-corrected chi connectivity index (χ3v) is 5.71. The SMILES string of the molecule is NC1CCn2c(nnc2CC2CCS(=O)(=O)C2)C1. The maximum atomic E-state index is 11.4. The molecule has 6 nitrogen and oxygen atoms in total. The van der Waals surface area contributed by atoms with Crippen molar-refractivity contribution in [2.45, 2.75) is 38.3 Å². The monoisotopic (exact) mass is 270 g/mol. The predicted molar refractivity (Wildman–Crippen MR) is 66.8 cm³/mol. The zero-order valence-corrected chi connectivity index (χ0v) is 11.1. The van der Waals surface area contributed by atoms with Crippen LogP contribution in [0.3, 0.4) is 0 Å². The van der Waals surface area contributed by atoms with E-state index in [1.54, 1.807) is 0 Å². The van der Waals surface area contributed by atoms with Crippen molar-refractivity contribution in [1.82, 2.24) is 14.8 Å². The molecule has 1 fully saturated rings. The van der Waals surface area contributed by atoms with Crippen LogP contribution in [0.25, 0.3) is 0 Å². The first-order valence-electron chi connectivity index (χ1n) is 6.40. The van der Waals surface area contributed by atoms with Gasteiger partial charge in [-0.3, -0.25) is 0 Å². The second kappa shape index (κ2) is 4.31. The van der Waals surface area contributed by atoms with Crippen molar-refractivity contribution in [3.05, 3.63) is 11.6 Å². The van der Waals surface area contributed by atoms with Gasteiger partial charge in [-0.1, -0.05) is 0 Å². The number of aromatic nitrogens is 3. The summed E-state index contributed by atoms with van der Waals surface area (Å²) in [6.07, 6.45) is 3.20. The Kier molecular flexibility index (Phi) is 2.90. The zero-order chi connectivity index (χ0) is 12.8. The molecular formula is C11H18N4O2S. The average Bonchev–Trinajstić information content (AvgIpc) is 2.83. The molecule has 2 aliphatic rings. The van der Waals surface area contributed by atoms with Gasteiger partial charge in [-0.25, -0.2) is 8.42 Å². The third-order valence-electron chi connectivity index (χ3n) is 3.87. The Labute approximate surface area is 106 Å². The van der Waals surface area contributed by atoms with Gasteiger partial charge in [0.1, 0.15) is 11.6 Å². The van der Waals surface area contributed by atoms with Gasteiger partial charge < -0.3 is 10.3 Å². The van der Waals surface area contributed by atoms with Crippen LogP contribution in [-0.2, 0) is 29.2 Å². The van der Waals surface area contributed by atoms with E-state index >= 15 is 0 Å². The summed E-state index contributed by atoms with van der Waals surface area (Å²) in [5.41, 5.74) is 5.90. The summed E-state index contributed by atoms with van der Waals surface area (Å²) in [4.78, 5) is 0. The number of hydrogen-bond acceptors (Lipinski definition) is 5. The topological polar surface area (TPSA) is 90.9 Å². The van der Waals surface area contributed by atoms with Crippen LogP contribution in [-0.4, -0.2) is 40.7 Å². The van der Waals surface area contributed by atoms with E-state index in [1.807, 2.05) is 0 Å². The van der Waals surface area contributed by atoms with Crippen LogP contribution in [0, 0.1) is 5.92 Å². The number of nitrogens with zero attached hydrogens (tertiary/aromatic N) is 3. The highest BCUT2D eigenvalue weighted by molar-refractivity contribution is 7.91. The first-order valence-corrected chi connectivity index (χ1v) is 8.22.